The van der Waals surface area contributed by atoms with Crippen molar-refractivity contribution in [3.8, 4) is 0 Å². The second-order valence-electron chi connectivity index (χ2n) is 3.81. The first-order valence-electron chi connectivity index (χ1n) is 5.47. The van der Waals surface area contributed by atoms with Crippen molar-refractivity contribution in [3.05, 3.63) is 24.3 Å². The fraction of sp³-hybridized carbons (Fsp3) is 0.667. The van der Waals surface area contributed by atoms with Crippen LogP contribution in [0.1, 0.15) is 38.5 Å². The zero-order valence-corrected chi connectivity index (χ0v) is 8.60. The largest absolute Gasteiger partial charge is 0.390 e. The topological polar surface area (TPSA) is 40.5 Å². The van der Waals surface area contributed by atoms with Crippen molar-refractivity contribution in [1.29, 1.82) is 0 Å². The van der Waals surface area contributed by atoms with Crippen molar-refractivity contribution >= 4 is 0 Å². The number of rotatable bonds is 0. The highest BCUT2D eigenvalue weighted by atomic mass is 16.3. The lowest BCUT2D eigenvalue weighted by Crippen LogP contribution is -2.25. The van der Waals surface area contributed by atoms with Gasteiger partial charge in [0.1, 0.15) is 0 Å². The Morgan fingerprint density at radius 1 is 0.643 bits per heavy atom. The van der Waals surface area contributed by atoms with Gasteiger partial charge in [0.05, 0.1) is 12.2 Å². The average Bonchev–Trinajstić information content (AvgIpc) is 2.18. The van der Waals surface area contributed by atoms with Gasteiger partial charge in [-0.2, -0.15) is 0 Å². The van der Waals surface area contributed by atoms with Crippen molar-refractivity contribution in [1.82, 2.24) is 0 Å². The number of aliphatic hydroxyl groups is 2. The van der Waals surface area contributed by atoms with Crippen LogP contribution < -0.4 is 0 Å². The van der Waals surface area contributed by atoms with Crippen LogP contribution in [0.3, 0.4) is 0 Å². The van der Waals surface area contributed by atoms with Gasteiger partial charge in [-0.1, -0.05) is 24.3 Å². The third-order valence-electron chi connectivity index (χ3n) is 2.54. The SMILES string of the molecule is O[C@@H]1CC/C=C\CC/C=C/CC[C@@H]1O. The Bertz CT molecular complexity index is 174. The van der Waals surface area contributed by atoms with Crippen LogP contribution in [0.2, 0.25) is 0 Å². The Labute approximate surface area is 86.0 Å². The van der Waals surface area contributed by atoms with Crippen LogP contribution in [0.15, 0.2) is 24.3 Å². The van der Waals surface area contributed by atoms with Crippen molar-refractivity contribution in [3.63, 3.8) is 0 Å². The molecule has 0 aliphatic heterocycles. The van der Waals surface area contributed by atoms with E-state index in [-0.39, 0.29) is 0 Å². The van der Waals surface area contributed by atoms with Crippen LogP contribution in [0.25, 0.3) is 0 Å². The molecule has 2 atom stereocenters. The minimum absolute atomic E-state index is 0.563. The molecule has 0 bridgehead atoms. The summed E-state index contributed by atoms with van der Waals surface area (Å²) >= 11 is 0. The molecule has 0 radical (unpaired) electrons. The fourth-order valence-electron chi connectivity index (χ4n) is 1.58. The van der Waals surface area contributed by atoms with Gasteiger partial charge in [0, 0.05) is 0 Å². The summed E-state index contributed by atoms with van der Waals surface area (Å²) in [4.78, 5) is 0. The molecule has 0 saturated heterocycles. The van der Waals surface area contributed by atoms with Gasteiger partial charge in [0.25, 0.3) is 0 Å². The number of hydrogen-bond acceptors (Lipinski definition) is 2. The molecule has 0 amide bonds. The molecule has 2 N–H and O–H groups in total. The zero-order valence-electron chi connectivity index (χ0n) is 8.60. The highest BCUT2D eigenvalue weighted by Crippen LogP contribution is 2.10. The van der Waals surface area contributed by atoms with Crippen molar-refractivity contribution in [2.75, 3.05) is 0 Å². The Hall–Kier alpha value is -0.600. The summed E-state index contributed by atoms with van der Waals surface area (Å²) < 4.78 is 0. The molecular weight excluding hydrogens is 176 g/mol. The minimum atomic E-state index is -0.563. The maximum absolute atomic E-state index is 9.55. The molecule has 0 fully saturated rings. The smallest absolute Gasteiger partial charge is 0.0802 e. The third kappa shape index (κ3) is 4.58. The van der Waals surface area contributed by atoms with Crippen molar-refractivity contribution in [2.45, 2.75) is 50.7 Å². The molecule has 0 spiro atoms. The quantitative estimate of drug-likeness (QED) is 0.583. The summed E-state index contributed by atoms with van der Waals surface area (Å²) in [6.45, 7) is 0. The molecule has 0 aromatic rings. The third-order valence-corrected chi connectivity index (χ3v) is 2.54. The Kier molecular flexibility index (Phi) is 5.57. The highest BCUT2D eigenvalue weighted by molar-refractivity contribution is 4.90. The molecule has 80 valence electrons. The summed E-state index contributed by atoms with van der Waals surface area (Å²) in [7, 11) is 0. The Morgan fingerprint density at radius 3 is 1.43 bits per heavy atom. The standard InChI is InChI=1S/C12H20O2/c13-11-9-7-5-3-1-2-4-6-8-10-12(11)14/h3-6,11-14H,1-2,7-10H2/b5-3-,6-4+/t11-,12+/m1/s1. The molecule has 2 nitrogen and oxygen atoms in total. The van der Waals surface area contributed by atoms with E-state index in [9.17, 15) is 10.2 Å². The minimum Gasteiger partial charge on any atom is -0.390 e. The maximum atomic E-state index is 9.55. The molecule has 1 rings (SSSR count). The second kappa shape index (κ2) is 6.80. The molecule has 0 saturated carbocycles. The van der Waals surface area contributed by atoms with Gasteiger partial charge in [0.2, 0.25) is 0 Å². The normalized spacial score (nSPS) is 35.3. The summed E-state index contributed by atoms with van der Waals surface area (Å²) in [5.41, 5.74) is 0. The van der Waals surface area contributed by atoms with Crippen LogP contribution in [0.5, 0.6) is 0 Å². The number of hydrogen-bond donors (Lipinski definition) is 2. The van der Waals surface area contributed by atoms with Crippen LogP contribution >= 0.6 is 0 Å². The lowest BCUT2D eigenvalue weighted by molar-refractivity contribution is 0.0111. The van der Waals surface area contributed by atoms with Gasteiger partial charge >= 0.3 is 0 Å². The van der Waals surface area contributed by atoms with E-state index in [0.29, 0.717) is 12.8 Å². The summed E-state index contributed by atoms with van der Waals surface area (Å²) in [6, 6.07) is 0. The molecule has 0 aromatic carbocycles. The Balaban J connectivity index is 2.41. The molecule has 14 heavy (non-hydrogen) atoms. The van der Waals surface area contributed by atoms with E-state index in [1.165, 1.54) is 0 Å². The van der Waals surface area contributed by atoms with Gasteiger partial charge in [0.15, 0.2) is 0 Å². The van der Waals surface area contributed by atoms with Gasteiger partial charge in [-0.3, -0.25) is 0 Å². The maximum Gasteiger partial charge on any atom is 0.0802 e. The lowest BCUT2D eigenvalue weighted by Gasteiger charge is -2.16. The van der Waals surface area contributed by atoms with Crippen molar-refractivity contribution in [2.24, 2.45) is 0 Å². The molecule has 1 aliphatic carbocycles. The predicted octanol–water partition coefficient (Wildman–Crippen LogP) is 2.17. The van der Waals surface area contributed by atoms with E-state index in [0.717, 1.165) is 25.7 Å². The first-order valence-corrected chi connectivity index (χ1v) is 5.47. The van der Waals surface area contributed by atoms with Crippen LogP contribution in [-0.2, 0) is 0 Å². The number of allylic oxidation sites excluding steroid dienone is 4. The molecular formula is C12H20O2. The highest BCUT2D eigenvalue weighted by Gasteiger charge is 2.14. The van der Waals surface area contributed by atoms with Gasteiger partial charge < -0.3 is 10.2 Å². The second-order valence-corrected chi connectivity index (χ2v) is 3.81. The molecule has 0 heterocycles. The van der Waals surface area contributed by atoms with E-state index < -0.39 is 12.2 Å². The monoisotopic (exact) mass is 196 g/mol. The van der Waals surface area contributed by atoms with E-state index in [1.807, 2.05) is 0 Å². The van der Waals surface area contributed by atoms with E-state index >= 15 is 0 Å². The summed E-state index contributed by atoms with van der Waals surface area (Å²) in [5.74, 6) is 0. The van der Waals surface area contributed by atoms with Crippen LogP contribution in [-0.4, -0.2) is 22.4 Å². The molecule has 2 heteroatoms. The van der Waals surface area contributed by atoms with Crippen molar-refractivity contribution < 1.29 is 10.2 Å². The summed E-state index contributed by atoms with van der Waals surface area (Å²) in [5, 5.41) is 19.1. The first-order chi connectivity index (χ1) is 6.80. The van der Waals surface area contributed by atoms with Crippen LogP contribution in [0.4, 0.5) is 0 Å². The first kappa shape index (κ1) is 11.5. The lowest BCUT2D eigenvalue weighted by atomic mass is 10.0. The predicted molar refractivity (Wildman–Crippen MR) is 58.0 cm³/mol. The fourth-order valence-corrected chi connectivity index (χ4v) is 1.58. The number of aliphatic hydroxyl groups excluding tert-OH is 2. The van der Waals surface area contributed by atoms with E-state index in [1.54, 1.807) is 0 Å². The Morgan fingerprint density at radius 2 is 1.00 bits per heavy atom. The van der Waals surface area contributed by atoms with Crippen LogP contribution in [0, 0.1) is 0 Å². The average molecular weight is 196 g/mol. The summed E-state index contributed by atoms with van der Waals surface area (Å²) in [6.07, 6.45) is 12.6. The molecule has 0 unspecified atom stereocenters. The zero-order chi connectivity index (χ0) is 10.2. The van der Waals surface area contributed by atoms with Gasteiger partial charge in [-0.25, -0.2) is 0 Å². The van der Waals surface area contributed by atoms with Gasteiger partial charge in [-0.15, -0.1) is 0 Å². The van der Waals surface area contributed by atoms with E-state index in [4.69, 9.17) is 0 Å². The molecule has 1 aliphatic rings. The molecule has 0 aromatic heterocycles. The van der Waals surface area contributed by atoms with E-state index in [2.05, 4.69) is 24.3 Å². The van der Waals surface area contributed by atoms with Gasteiger partial charge in [-0.05, 0) is 38.5 Å².